The first-order chi connectivity index (χ1) is 15.6. The molecule has 33 heavy (non-hydrogen) atoms. The van der Waals surface area contributed by atoms with Crippen molar-refractivity contribution in [1.82, 2.24) is 0 Å². The van der Waals surface area contributed by atoms with Crippen LogP contribution in [0.15, 0.2) is 59.7 Å². The highest BCUT2D eigenvalue weighted by Crippen LogP contribution is 2.36. The molecule has 0 aromatic heterocycles. The lowest BCUT2D eigenvalue weighted by molar-refractivity contribution is -0.384. The van der Waals surface area contributed by atoms with Crippen molar-refractivity contribution in [1.29, 1.82) is 0 Å². The van der Waals surface area contributed by atoms with E-state index in [2.05, 4.69) is 10.5 Å². The molecule has 0 bridgehead atoms. The van der Waals surface area contributed by atoms with Gasteiger partial charge in [0.1, 0.15) is 18.1 Å². The molecule has 0 saturated heterocycles. The van der Waals surface area contributed by atoms with Crippen LogP contribution in [-0.4, -0.2) is 11.1 Å². The molecule has 0 aliphatic rings. The average molecular weight is 502 g/mol. The van der Waals surface area contributed by atoms with Crippen molar-refractivity contribution in [3.8, 4) is 5.75 Å². The van der Waals surface area contributed by atoms with Gasteiger partial charge in [-0.25, -0.2) is 4.39 Å². The third-order valence-corrected chi connectivity index (χ3v) is 4.83. The van der Waals surface area contributed by atoms with Gasteiger partial charge in [-0.2, -0.15) is 18.3 Å². The van der Waals surface area contributed by atoms with E-state index in [1.807, 2.05) is 0 Å². The largest absolute Gasteiger partial charge is 0.486 e. The van der Waals surface area contributed by atoms with Crippen LogP contribution in [0.2, 0.25) is 10.0 Å². The number of rotatable bonds is 7. The van der Waals surface area contributed by atoms with E-state index in [1.54, 1.807) is 18.2 Å². The standard InChI is InChI=1S/C21H13Cl2F4N3O3/c22-15-7-12(8-16(23)20(15)33-11-13-3-1-2-4-17(13)24)10-28-29-18-6-5-14(21(25,26)27)9-19(18)30(31)32/h1-10,29H,11H2/b28-10-. The van der Waals surface area contributed by atoms with Crippen molar-refractivity contribution >= 4 is 40.8 Å². The molecule has 6 nitrogen and oxygen atoms in total. The number of benzene rings is 3. The molecule has 0 radical (unpaired) electrons. The van der Waals surface area contributed by atoms with Crippen LogP contribution < -0.4 is 10.2 Å². The number of ether oxygens (including phenoxy) is 1. The highest BCUT2D eigenvalue weighted by Gasteiger charge is 2.33. The Balaban J connectivity index is 1.74. The lowest BCUT2D eigenvalue weighted by Gasteiger charge is -2.11. The summed E-state index contributed by atoms with van der Waals surface area (Å²) in [5, 5.41) is 15.1. The lowest BCUT2D eigenvalue weighted by atomic mass is 10.1. The number of nitrogens with one attached hydrogen (secondary N) is 1. The molecule has 0 spiro atoms. The highest BCUT2D eigenvalue weighted by molar-refractivity contribution is 6.37. The van der Waals surface area contributed by atoms with E-state index in [4.69, 9.17) is 27.9 Å². The monoisotopic (exact) mass is 501 g/mol. The number of nitrogens with zero attached hydrogens (tertiary/aromatic N) is 2. The Hall–Kier alpha value is -3.37. The molecule has 172 valence electrons. The van der Waals surface area contributed by atoms with Gasteiger partial charge < -0.3 is 4.74 Å². The van der Waals surface area contributed by atoms with Crippen LogP contribution in [0, 0.1) is 15.9 Å². The van der Waals surface area contributed by atoms with Gasteiger partial charge in [0.15, 0.2) is 5.75 Å². The van der Waals surface area contributed by atoms with E-state index in [9.17, 15) is 27.7 Å². The predicted octanol–water partition coefficient (Wildman–Crippen LogP) is 7.08. The van der Waals surface area contributed by atoms with Gasteiger partial charge in [0, 0.05) is 11.6 Å². The zero-order valence-corrected chi connectivity index (χ0v) is 17.9. The quantitative estimate of drug-likeness (QED) is 0.162. The molecule has 0 aliphatic carbocycles. The number of hydrazone groups is 1. The third kappa shape index (κ3) is 6.11. The molecular formula is C21H13Cl2F4N3O3. The van der Waals surface area contributed by atoms with Crippen LogP contribution in [-0.2, 0) is 12.8 Å². The molecule has 0 amide bonds. The summed E-state index contributed by atoms with van der Waals surface area (Å²) < 4.78 is 57.6. The first-order valence-electron chi connectivity index (χ1n) is 9.06. The Labute approximate surface area is 194 Å². The molecule has 0 atom stereocenters. The first kappa shape index (κ1) is 24.3. The summed E-state index contributed by atoms with van der Waals surface area (Å²) in [5.41, 5.74) is 0.799. The number of anilines is 1. The Morgan fingerprint density at radius 1 is 1.09 bits per heavy atom. The van der Waals surface area contributed by atoms with Crippen LogP contribution in [0.4, 0.5) is 28.9 Å². The molecule has 3 aromatic rings. The maximum atomic E-state index is 13.7. The Morgan fingerprint density at radius 2 is 1.76 bits per heavy atom. The van der Waals surface area contributed by atoms with Gasteiger partial charge in [-0.1, -0.05) is 41.4 Å². The minimum atomic E-state index is -4.73. The van der Waals surface area contributed by atoms with Crippen LogP contribution in [0.3, 0.4) is 0 Å². The summed E-state index contributed by atoms with van der Waals surface area (Å²) in [5.74, 6) is -0.331. The predicted molar refractivity (Wildman–Crippen MR) is 117 cm³/mol. The van der Waals surface area contributed by atoms with Gasteiger partial charge in [0.2, 0.25) is 0 Å². The average Bonchev–Trinajstić information content (AvgIpc) is 2.73. The molecule has 3 aromatic carbocycles. The van der Waals surface area contributed by atoms with E-state index in [1.165, 1.54) is 24.4 Å². The topological polar surface area (TPSA) is 76.8 Å². The second kappa shape index (κ2) is 10.1. The second-order valence-electron chi connectivity index (χ2n) is 6.55. The fourth-order valence-electron chi connectivity index (χ4n) is 2.69. The highest BCUT2D eigenvalue weighted by atomic mass is 35.5. The fourth-order valence-corrected chi connectivity index (χ4v) is 3.30. The smallest absolute Gasteiger partial charge is 0.416 e. The summed E-state index contributed by atoms with van der Waals surface area (Å²) in [4.78, 5) is 10.2. The maximum absolute atomic E-state index is 13.7. The van der Waals surface area contributed by atoms with Gasteiger partial charge in [-0.05, 0) is 35.9 Å². The molecule has 12 heteroatoms. The first-order valence-corrected chi connectivity index (χ1v) is 9.82. The number of hydrogen-bond donors (Lipinski definition) is 1. The molecule has 0 saturated carbocycles. The molecular weight excluding hydrogens is 489 g/mol. The fraction of sp³-hybridized carbons (Fsp3) is 0.0952. The van der Waals surface area contributed by atoms with Crippen LogP contribution in [0.25, 0.3) is 0 Å². The van der Waals surface area contributed by atoms with Crippen LogP contribution >= 0.6 is 23.2 Å². The van der Waals surface area contributed by atoms with Crippen molar-refractivity contribution in [3.05, 3.63) is 97.3 Å². The SMILES string of the molecule is O=[N+]([O-])c1cc(C(F)(F)F)ccc1N/N=C\c1cc(Cl)c(OCc2ccccc2F)c(Cl)c1. The number of hydrogen-bond acceptors (Lipinski definition) is 5. The number of halogens is 6. The molecule has 0 fully saturated rings. The lowest BCUT2D eigenvalue weighted by Crippen LogP contribution is -2.06. The summed E-state index contributed by atoms with van der Waals surface area (Å²) in [7, 11) is 0. The van der Waals surface area contributed by atoms with Gasteiger partial charge in [0.25, 0.3) is 5.69 Å². The van der Waals surface area contributed by atoms with Crippen molar-refractivity contribution in [2.45, 2.75) is 12.8 Å². The van der Waals surface area contributed by atoms with Gasteiger partial charge in [0.05, 0.1) is 26.7 Å². The Morgan fingerprint density at radius 3 is 2.36 bits per heavy atom. The molecule has 1 N–H and O–H groups in total. The minimum Gasteiger partial charge on any atom is -0.486 e. The van der Waals surface area contributed by atoms with E-state index in [0.717, 1.165) is 6.07 Å². The van der Waals surface area contributed by atoms with Gasteiger partial charge >= 0.3 is 6.18 Å². The zero-order valence-electron chi connectivity index (χ0n) is 16.4. The number of alkyl halides is 3. The van der Waals surface area contributed by atoms with Crippen molar-refractivity contribution in [2.75, 3.05) is 5.43 Å². The van der Waals surface area contributed by atoms with E-state index >= 15 is 0 Å². The molecule has 0 aliphatic heterocycles. The van der Waals surface area contributed by atoms with E-state index < -0.39 is 28.2 Å². The normalized spacial score (nSPS) is 11.6. The van der Waals surface area contributed by atoms with E-state index in [0.29, 0.717) is 23.3 Å². The Kier molecular flexibility index (Phi) is 7.39. The van der Waals surface area contributed by atoms with Crippen LogP contribution in [0.1, 0.15) is 16.7 Å². The second-order valence-corrected chi connectivity index (χ2v) is 7.36. The van der Waals surface area contributed by atoms with Gasteiger partial charge in [-0.15, -0.1) is 0 Å². The Bertz CT molecular complexity index is 1200. The van der Waals surface area contributed by atoms with E-state index in [-0.39, 0.29) is 28.1 Å². The van der Waals surface area contributed by atoms with Crippen LogP contribution in [0.5, 0.6) is 5.75 Å². The summed E-state index contributed by atoms with van der Waals surface area (Å²) in [6.07, 6.45) is -3.52. The molecule has 3 rings (SSSR count). The minimum absolute atomic E-state index is 0.0980. The van der Waals surface area contributed by atoms with Crippen molar-refractivity contribution in [2.24, 2.45) is 5.10 Å². The van der Waals surface area contributed by atoms with Crippen molar-refractivity contribution in [3.63, 3.8) is 0 Å². The zero-order chi connectivity index (χ0) is 24.2. The molecule has 0 heterocycles. The van der Waals surface area contributed by atoms with Crippen molar-refractivity contribution < 1.29 is 27.2 Å². The maximum Gasteiger partial charge on any atom is 0.416 e. The third-order valence-electron chi connectivity index (χ3n) is 4.27. The molecule has 0 unspecified atom stereocenters. The number of nitro benzene ring substituents is 1. The number of nitro groups is 1. The summed E-state index contributed by atoms with van der Waals surface area (Å²) in [6.45, 7) is -0.112. The summed E-state index contributed by atoms with van der Waals surface area (Å²) >= 11 is 12.4. The summed E-state index contributed by atoms with van der Waals surface area (Å²) in [6, 6.07) is 10.9. The van der Waals surface area contributed by atoms with Gasteiger partial charge in [-0.3, -0.25) is 15.5 Å².